The molecule has 0 spiro atoms. The van der Waals surface area contributed by atoms with Crippen LogP contribution >= 0.6 is 0 Å². The van der Waals surface area contributed by atoms with Crippen molar-refractivity contribution in [2.45, 2.75) is 58.5 Å². The van der Waals surface area contributed by atoms with Gasteiger partial charge in [0.1, 0.15) is 5.54 Å². The average molecular weight is 258 g/mol. The molecule has 0 bridgehead atoms. The molecule has 4 nitrogen and oxygen atoms in total. The lowest BCUT2D eigenvalue weighted by Crippen LogP contribution is -2.48. The summed E-state index contributed by atoms with van der Waals surface area (Å²) >= 11 is 0. The summed E-state index contributed by atoms with van der Waals surface area (Å²) in [5.41, 5.74) is -0.566. The van der Waals surface area contributed by atoms with Gasteiger partial charge in [-0.2, -0.15) is 0 Å². The zero-order valence-corrected chi connectivity index (χ0v) is 12.9. The second kappa shape index (κ2) is 8.48. The monoisotopic (exact) mass is 258 g/mol. The van der Waals surface area contributed by atoms with Crippen LogP contribution in [0.5, 0.6) is 0 Å². The molecule has 0 aliphatic carbocycles. The highest BCUT2D eigenvalue weighted by Crippen LogP contribution is 2.15. The molecule has 0 aliphatic rings. The zero-order chi connectivity index (χ0) is 14.2. The van der Waals surface area contributed by atoms with Crippen LogP contribution in [0, 0.1) is 0 Å². The molecule has 0 aromatic carbocycles. The van der Waals surface area contributed by atoms with Crippen molar-refractivity contribution in [2.75, 3.05) is 27.2 Å². The molecule has 0 fully saturated rings. The summed E-state index contributed by atoms with van der Waals surface area (Å²) in [5.74, 6) is -0.184. The van der Waals surface area contributed by atoms with Crippen molar-refractivity contribution in [3.05, 3.63) is 0 Å². The van der Waals surface area contributed by atoms with E-state index in [-0.39, 0.29) is 5.97 Å². The van der Waals surface area contributed by atoms with Crippen LogP contribution in [0.2, 0.25) is 0 Å². The van der Waals surface area contributed by atoms with E-state index in [1.54, 1.807) is 0 Å². The summed E-state index contributed by atoms with van der Waals surface area (Å²) in [6.07, 6.45) is 2.95. The Hall–Kier alpha value is -0.610. The number of ether oxygens (including phenoxy) is 1. The molecule has 1 N–H and O–H groups in total. The number of carbonyl (C=O) groups is 1. The van der Waals surface area contributed by atoms with Crippen molar-refractivity contribution in [3.63, 3.8) is 0 Å². The molecule has 1 unspecified atom stereocenters. The van der Waals surface area contributed by atoms with Crippen molar-refractivity contribution >= 4 is 5.97 Å². The second-order valence-electron chi connectivity index (χ2n) is 5.31. The average Bonchev–Trinajstić information content (AvgIpc) is 2.36. The van der Waals surface area contributed by atoms with Gasteiger partial charge in [0, 0.05) is 6.04 Å². The highest BCUT2D eigenvalue weighted by atomic mass is 16.5. The molecule has 0 radical (unpaired) electrons. The first-order chi connectivity index (χ1) is 8.41. The normalized spacial score (nSPS) is 14.9. The number of esters is 1. The van der Waals surface area contributed by atoms with Gasteiger partial charge < -0.3 is 15.0 Å². The molecule has 0 saturated carbocycles. The van der Waals surface area contributed by atoms with Gasteiger partial charge in [-0.25, -0.2) is 0 Å². The van der Waals surface area contributed by atoms with Crippen molar-refractivity contribution in [1.29, 1.82) is 0 Å². The van der Waals surface area contributed by atoms with Gasteiger partial charge in [-0.3, -0.25) is 4.79 Å². The highest BCUT2D eigenvalue weighted by molar-refractivity contribution is 5.80. The predicted octanol–water partition coefficient (Wildman–Crippen LogP) is 2.04. The molecule has 0 aliphatic heterocycles. The molecule has 4 heteroatoms. The Labute approximate surface area is 112 Å². The lowest BCUT2D eigenvalue weighted by molar-refractivity contribution is -0.148. The van der Waals surface area contributed by atoms with E-state index < -0.39 is 5.54 Å². The van der Waals surface area contributed by atoms with E-state index in [0.29, 0.717) is 6.04 Å². The van der Waals surface area contributed by atoms with E-state index in [0.717, 1.165) is 25.9 Å². The summed E-state index contributed by atoms with van der Waals surface area (Å²) < 4.78 is 4.84. The van der Waals surface area contributed by atoms with Crippen molar-refractivity contribution < 1.29 is 9.53 Å². The minimum atomic E-state index is -0.566. The summed E-state index contributed by atoms with van der Waals surface area (Å²) in [5, 5.41) is 3.07. The van der Waals surface area contributed by atoms with E-state index in [1.807, 2.05) is 14.0 Å². The Morgan fingerprint density at radius 1 is 1.39 bits per heavy atom. The molecule has 18 heavy (non-hydrogen) atoms. The summed E-state index contributed by atoms with van der Waals surface area (Å²) in [7, 11) is 3.25. The number of nitrogens with one attached hydrogen (secondary N) is 1. The Bertz CT molecular complexity index is 244. The van der Waals surface area contributed by atoms with E-state index >= 15 is 0 Å². The van der Waals surface area contributed by atoms with Gasteiger partial charge in [-0.05, 0) is 60.2 Å². The van der Waals surface area contributed by atoms with E-state index in [9.17, 15) is 4.79 Å². The third-order valence-corrected chi connectivity index (χ3v) is 3.55. The molecule has 0 aromatic heterocycles. The molecule has 1 atom stereocenters. The van der Waals surface area contributed by atoms with Gasteiger partial charge >= 0.3 is 5.97 Å². The molecule has 0 heterocycles. The summed E-state index contributed by atoms with van der Waals surface area (Å²) in [6, 6.07) is 0.559. The topological polar surface area (TPSA) is 41.6 Å². The van der Waals surface area contributed by atoms with Crippen LogP contribution in [-0.2, 0) is 9.53 Å². The largest absolute Gasteiger partial charge is 0.468 e. The van der Waals surface area contributed by atoms with Crippen molar-refractivity contribution in [3.8, 4) is 0 Å². The first-order valence-electron chi connectivity index (χ1n) is 6.92. The van der Waals surface area contributed by atoms with Crippen LogP contribution in [0.15, 0.2) is 0 Å². The van der Waals surface area contributed by atoms with E-state index in [2.05, 4.69) is 31.0 Å². The van der Waals surface area contributed by atoms with Crippen LogP contribution in [0.1, 0.15) is 47.0 Å². The number of rotatable bonds is 9. The molecular weight excluding hydrogens is 228 g/mol. The molecule has 0 amide bonds. The number of methoxy groups -OCH3 is 1. The maximum atomic E-state index is 11.7. The first-order valence-corrected chi connectivity index (χ1v) is 6.92. The van der Waals surface area contributed by atoms with Crippen LogP contribution in [0.3, 0.4) is 0 Å². The number of carbonyl (C=O) groups excluding carboxylic acids is 1. The number of nitrogens with zero attached hydrogens (tertiary/aromatic N) is 1. The Morgan fingerprint density at radius 3 is 2.39 bits per heavy atom. The fourth-order valence-electron chi connectivity index (χ4n) is 2.11. The third kappa shape index (κ3) is 5.36. The Balaban J connectivity index is 4.25. The number of hydrogen-bond donors (Lipinski definition) is 1. The summed E-state index contributed by atoms with van der Waals surface area (Å²) in [4.78, 5) is 14.2. The minimum absolute atomic E-state index is 0.184. The molecule has 0 saturated heterocycles. The van der Waals surface area contributed by atoms with E-state index in [4.69, 9.17) is 4.74 Å². The first kappa shape index (κ1) is 17.4. The number of hydrogen-bond acceptors (Lipinski definition) is 4. The van der Waals surface area contributed by atoms with Crippen molar-refractivity contribution in [2.24, 2.45) is 0 Å². The zero-order valence-electron chi connectivity index (χ0n) is 12.9. The summed E-state index contributed by atoms with van der Waals surface area (Å²) in [6.45, 7) is 10.7. The highest BCUT2D eigenvalue weighted by Gasteiger charge is 2.31. The smallest absolute Gasteiger partial charge is 0.325 e. The predicted molar refractivity (Wildman–Crippen MR) is 75.7 cm³/mol. The lowest BCUT2D eigenvalue weighted by atomic mass is 9.96. The molecule has 0 aromatic rings. The van der Waals surface area contributed by atoms with Gasteiger partial charge in [-0.1, -0.05) is 6.92 Å². The molecule has 108 valence electrons. The molecular formula is C14H30N2O2. The maximum Gasteiger partial charge on any atom is 0.325 e. The molecule has 0 rings (SSSR count). The van der Waals surface area contributed by atoms with Crippen LogP contribution in [0.25, 0.3) is 0 Å². The standard InChI is InChI=1S/C14H30N2O2/c1-7-10-16(12(2)3)11-8-9-14(4,15-5)13(17)18-6/h12,15H,7-11H2,1-6H3. The third-order valence-electron chi connectivity index (χ3n) is 3.55. The second-order valence-corrected chi connectivity index (χ2v) is 5.31. The fourth-order valence-corrected chi connectivity index (χ4v) is 2.11. The van der Waals surface area contributed by atoms with Gasteiger partial charge in [-0.15, -0.1) is 0 Å². The van der Waals surface area contributed by atoms with Crippen LogP contribution in [-0.4, -0.2) is 49.7 Å². The van der Waals surface area contributed by atoms with Gasteiger partial charge in [0.15, 0.2) is 0 Å². The maximum absolute atomic E-state index is 11.7. The van der Waals surface area contributed by atoms with E-state index in [1.165, 1.54) is 13.5 Å². The van der Waals surface area contributed by atoms with Crippen LogP contribution in [0.4, 0.5) is 0 Å². The Morgan fingerprint density at radius 2 is 2.00 bits per heavy atom. The van der Waals surface area contributed by atoms with Crippen LogP contribution < -0.4 is 5.32 Å². The minimum Gasteiger partial charge on any atom is -0.468 e. The fraction of sp³-hybridized carbons (Fsp3) is 0.929. The Kier molecular flexibility index (Phi) is 8.20. The lowest BCUT2D eigenvalue weighted by Gasteiger charge is -2.29. The van der Waals surface area contributed by atoms with Gasteiger partial charge in [0.25, 0.3) is 0 Å². The SMILES string of the molecule is CCCN(CCCC(C)(NC)C(=O)OC)C(C)C. The quantitative estimate of drug-likeness (QED) is 0.643. The number of likely N-dealkylation sites (N-methyl/N-ethyl adjacent to an activating group) is 1. The van der Waals surface area contributed by atoms with Gasteiger partial charge in [0.2, 0.25) is 0 Å². The van der Waals surface area contributed by atoms with Gasteiger partial charge in [0.05, 0.1) is 7.11 Å². The van der Waals surface area contributed by atoms with Crippen molar-refractivity contribution in [1.82, 2.24) is 10.2 Å².